The van der Waals surface area contributed by atoms with E-state index in [4.69, 9.17) is 0 Å². The molecule has 1 aromatic rings. The number of hydrogen-bond donors (Lipinski definition) is 1. The van der Waals surface area contributed by atoms with Crippen molar-refractivity contribution in [3.8, 4) is 0 Å². The van der Waals surface area contributed by atoms with E-state index in [-0.39, 0.29) is 36.8 Å². The van der Waals surface area contributed by atoms with E-state index < -0.39 is 21.4 Å². The minimum Gasteiger partial charge on any atom is -0.323 e. The van der Waals surface area contributed by atoms with Crippen LogP contribution in [0.5, 0.6) is 0 Å². The van der Waals surface area contributed by atoms with Crippen LogP contribution >= 0.6 is 0 Å². The monoisotopic (exact) mass is 334 g/mol. The molecule has 0 bridgehead atoms. The number of amides is 3. The van der Waals surface area contributed by atoms with E-state index in [0.29, 0.717) is 0 Å². The lowest BCUT2D eigenvalue weighted by atomic mass is 9.92. The minimum atomic E-state index is -3.09. The predicted molar refractivity (Wildman–Crippen MR) is 86.3 cm³/mol. The van der Waals surface area contributed by atoms with Gasteiger partial charge in [0.15, 0.2) is 9.84 Å². The van der Waals surface area contributed by atoms with Gasteiger partial charge in [0.1, 0.15) is 5.54 Å². The molecule has 6 nitrogen and oxygen atoms in total. The smallest absolute Gasteiger partial charge is 0.323 e. The van der Waals surface area contributed by atoms with Crippen LogP contribution in [0.25, 0.3) is 6.08 Å². The van der Waals surface area contributed by atoms with Crippen molar-refractivity contribution in [3.05, 3.63) is 42.0 Å². The average Bonchev–Trinajstić information content (AvgIpc) is 2.76. The molecule has 23 heavy (non-hydrogen) atoms. The summed E-state index contributed by atoms with van der Waals surface area (Å²) in [6, 6.07) is 9.13. The molecule has 2 aliphatic rings. The number of nitrogens with zero attached hydrogens (tertiary/aromatic N) is 1. The maximum Gasteiger partial charge on any atom is 0.325 e. The van der Waals surface area contributed by atoms with Crippen LogP contribution in [-0.4, -0.2) is 48.8 Å². The van der Waals surface area contributed by atoms with Gasteiger partial charge in [-0.05, 0) is 18.4 Å². The van der Waals surface area contributed by atoms with Gasteiger partial charge < -0.3 is 5.32 Å². The Labute approximate surface area is 135 Å². The van der Waals surface area contributed by atoms with Crippen molar-refractivity contribution < 1.29 is 18.0 Å². The average molecular weight is 334 g/mol. The summed E-state index contributed by atoms with van der Waals surface area (Å²) in [5.74, 6) is -0.450. The quantitative estimate of drug-likeness (QED) is 0.842. The summed E-state index contributed by atoms with van der Waals surface area (Å²) in [6.07, 6.45) is 3.90. The third-order valence-corrected chi connectivity index (χ3v) is 5.98. The summed E-state index contributed by atoms with van der Waals surface area (Å²) in [7, 11) is -3.09. The van der Waals surface area contributed by atoms with Crippen molar-refractivity contribution in [3.63, 3.8) is 0 Å². The summed E-state index contributed by atoms with van der Waals surface area (Å²) < 4.78 is 23.1. The Hall–Kier alpha value is -2.15. The number of hydrogen-bond acceptors (Lipinski definition) is 4. The second-order valence-corrected chi connectivity index (χ2v) is 8.20. The summed E-state index contributed by atoms with van der Waals surface area (Å²) in [5.41, 5.74) is -0.0544. The highest BCUT2D eigenvalue weighted by Crippen LogP contribution is 2.30. The van der Waals surface area contributed by atoms with Gasteiger partial charge in [0.25, 0.3) is 5.91 Å². The molecule has 2 fully saturated rings. The highest BCUT2D eigenvalue weighted by atomic mass is 32.2. The molecule has 1 aromatic carbocycles. The maximum absolute atomic E-state index is 12.6. The molecule has 0 atom stereocenters. The van der Waals surface area contributed by atoms with Gasteiger partial charge in [0, 0.05) is 6.54 Å². The van der Waals surface area contributed by atoms with Gasteiger partial charge in [-0.25, -0.2) is 13.2 Å². The molecular formula is C16H18N2O4S. The third-order valence-electron chi connectivity index (χ3n) is 4.32. The van der Waals surface area contributed by atoms with Crippen molar-refractivity contribution in [1.82, 2.24) is 10.2 Å². The van der Waals surface area contributed by atoms with E-state index in [0.717, 1.165) is 10.5 Å². The van der Waals surface area contributed by atoms with Gasteiger partial charge in [-0.1, -0.05) is 42.5 Å². The molecule has 0 radical (unpaired) electrons. The Balaban J connectivity index is 1.69. The molecule has 3 rings (SSSR count). The Bertz CT molecular complexity index is 742. The molecule has 3 amide bonds. The van der Waals surface area contributed by atoms with Gasteiger partial charge in [-0.15, -0.1) is 0 Å². The normalized spacial score (nSPS) is 22.7. The fourth-order valence-electron chi connectivity index (χ4n) is 2.93. The molecule has 7 heteroatoms. The second-order valence-electron chi connectivity index (χ2n) is 5.89. The molecule has 2 heterocycles. The van der Waals surface area contributed by atoms with Crippen LogP contribution in [0, 0.1) is 0 Å². The van der Waals surface area contributed by atoms with Crippen molar-refractivity contribution in [2.45, 2.75) is 18.4 Å². The molecular weight excluding hydrogens is 316 g/mol. The van der Waals surface area contributed by atoms with Crippen LogP contribution in [-0.2, 0) is 14.6 Å². The molecule has 1 N–H and O–H groups in total. The minimum absolute atomic E-state index is 0.0628. The van der Waals surface area contributed by atoms with Crippen LogP contribution in [0.15, 0.2) is 36.4 Å². The number of sulfone groups is 1. The van der Waals surface area contributed by atoms with E-state index in [1.807, 2.05) is 36.4 Å². The van der Waals surface area contributed by atoms with E-state index in [1.54, 1.807) is 6.08 Å². The van der Waals surface area contributed by atoms with Gasteiger partial charge in [-0.3, -0.25) is 9.69 Å². The standard InChI is InChI=1S/C16H18N2O4S/c19-14-16(8-11-23(21,22)12-9-16)17-15(20)18(14)10-4-7-13-5-2-1-3-6-13/h1-7H,8-12H2,(H,17,20). The zero-order valence-electron chi connectivity index (χ0n) is 12.6. The largest absolute Gasteiger partial charge is 0.325 e. The van der Waals surface area contributed by atoms with Crippen LogP contribution in [0.1, 0.15) is 18.4 Å². The Morgan fingerprint density at radius 2 is 1.78 bits per heavy atom. The van der Waals surface area contributed by atoms with Crippen molar-refractivity contribution in [1.29, 1.82) is 0 Å². The van der Waals surface area contributed by atoms with Gasteiger partial charge in [-0.2, -0.15) is 0 Å². The van der Waals surface area contributed by atoms with Crippen molar-refractivity contribution in [2.24, 2.45) is 0 Å². The second kappa shape index (κ2) is 5.81. The first-order chi connectivity index (χ1) is 10.9. The Morgan fingerprint density at radius 1 is 1.13 bits per heavy atom. The first-order valence-electron chi connectivity index (χ1n) is 7.48. The van der Waals surface area contributed by atoms with Crippen LogP contribution < -0.4 is 5.32 Å². The zero-order chi connectivity index (χ0) is 16.5. The molecule has 2 aliphatic heterocycles. The summed E-state index contributed by atoms with van der Waals surface area (Å²) in [6.45, 7) is 0.175. The lowest BCUT2D eigenvalue weighted by Gasteiger charge is -2.30. The number of rotatable bonds is 3. The molecule has 1 spiro atoms. The summed E-state index contributed by atoms with van der Waals surface area (Å²) in [4.78, 5) is 25.8. The molecule has 0 unspecified atom stereocenters. The first kappa shape index (κ1) is 15.7. The molecule has 0 aliphatic carbocycles. The van der Waals surface area contributed by atoms with E-state index in [9.17, 15) is 18.0 Å². The number of urea groups is 1. The van der Waals surface area contributed by atoms with E-state index in [1.165, 1.54) is 0 Å². The number of benzene rings is 1. The van der Waals surface area contributed by atoms with E-state index in [2.05, 4.69) is 5.32 Å². The summed E-state index contributed by atoms with van der Waals surface area (Å²) in [5, 5.41) is 2.69. The van der Waals surface area contributed by atoms with E-state index >= 15 is 0 Å². The molecule has 0 aromatic heterocycles. The van der Waals surface area contributed by atoms with Crippen LogP contribution in [0.2, 0.25) is 0 Å². The maximum atomic E-state index is 12.6. The Morgan fingerprint density at radius 3 is 2.43 bits per heavy atom. The highest BCUT2D eigenvalue weighted by Gasteiger charge is 2.53. The summed E-state index contributed by atoms with van der Waals surface area (Å²) >= 11 is 0. The lowest BCUT2D eigenvalue weighted by molar-refractivity contribution is -0.131. The zero-order valence-corrected chi connectivity index (χ0v) is 13.4. The Kier molecular flexibility index (Phi) is 3.97. The van der Waals surface area contributed by atoms with Gasteiger partial charge in [0.2, 0.25) is 0 Å². The number of nitrogens with one attached hydrogen (secondary N) is 1. The lowest BCUT2D eigenvalue weighted by Crippen LogP contribution is -2.52. The van der Waals surface area contributed by atoms with Gasteiger partial charge in [0.05, 0.1) is 11.5 Å². The van der Waals surface area contributed by atoms with Gasteiger partial charge >= 0.3 is 6.03 Å². The first-order valence-corrected chi connectivity index (χ1v) is 9.30. The third kappa shape index (κ3) is 3.14. The fourth-order valence-corrected chi connectivity index (χ4v) is 4.45. The molecule has 2 saturated heterocycles. The highest BCUT2D eigenvalue weighted by molar-refractivity contribution is 7.91. The SMILES string of the molecule is O=C1NC2(CCS(=O)(=O)CC2)C(=O)N1CC=Cc1ccccc1. The predicted octanol–water partition coefficient (Wildman–Crippen LogP) is 1.20. The van der Waals surface area contributed by atoms with Crippen molar-refractivity contribution in [2.75, 3.05) is 18.1 Å². The topological polar surface area (TPSA) is 83.5 Å². The number of imide groups is 1. The molecule has 0 saturated carbocycles. The van der Waals surface area contributed by atoms with Crippen molar-refractivity contribution >= 4 is 27.9 Å². The van der Waals surface area contributed by atoms with Crippen LogP contribution in [0.4, 0.5) is 4.79 Å². The molecule has 122 valence electrons. The van der Waals surface area contributed by atoms with Crippen LogP contribution in [0.3, 0.4) is 0 Å². The number of carbonyl (C=O) groups excluding carboxylic acids is 2. The number of carbonyl (C=O) groups is 2. The fraction of sp³-hybridized carbons (Fsp3) is 0.375.